The predicted molar refractivity (Wildman–Crippen MR) is 94.8 cm³/mol. The van der Waals surface area contributed by atoms with Gasteiger partial charge in [-0.1, -0.05) is 17.7 Å². The highest BCUT2D eigenvalue weighted by atomic mass is 19.1. The minimum Gasteiger partial charge on any atom is -0.444 e. The summed E-state index contributed by atoms with van der Waals surface area (Å²) in [4.78, 5) is 20.0. The molecule has 0 atom stereocenters. The molecular weight excluding hydrogens is 335 g/mol. The van der Waals surface area contributed by atoms with Gasteiger partial charge in [-0.3, -0.25) is 4.98 Å². The summed E-state index contributed by atoms with van der Waals surface area (Å²) in [7, 11) is 0. The third-order valence-corrected chi connectivity index (χ3v) is 3.77. The fourth-order valence-electron chi connectivity index (χ4n) is 2.33. The van der Waals surface area contributed by atoms with E-state index in [-0.39, 0.29) is 12.2 Å². The number of carbonyl (C=O) groups excluding carboxylic acids is 1. The lowest BCUT2D eigenvalue weighted by atomic mass is 10.1. The minimum atomic E-state index is -0.445. The molecule has 0 saturated heterocycles. The molecule has 26 heavy (non-hydrogen) atoms. The molecule has 7 heteroatoms. The number of urea groups is 1. The Bertz CT molecular complexity index is 877. The molecule has 2 amide bonds. The standard InChI is InChI=1S/C19H19FN4O2/c1-13-4-6-14(7-5-13)18-24-15(12-26-18)8-10-22-19(25)23-11-17-16(20)3-2-9-21-17/h2-7,9,12H,8,10-11H2,1H3,(H2,22,23,25). The van der Waals surface area contributed by atoms with Crippen LogP contribution in [0.15, 0.2) is 53.3 Å². The third-order valence-electron chi connectivity index (χ3n) is 3.77. The van der Waals surface area contributed by atoms with Crippen molar-refractivity contribution in [3.63, 3.8) is 0 Å². The lowest BCUT2D eigenvalue weighted by Gasteiger charge is -2.06. The normalized spacial score (nSPS) is 10.5. The second kappa shape index (κ2) is 8.24. The van der Waals surface area contributed by atoms with E-state index in [1.165, 1.54) is 23.9 Å². The zero-order valence-electron chi connectivity index (χ0n) is 14.3. The average molecular weight is 354 g/mol. The van der Waals surface area contributed by atoms with Gasteiger partial charge in [0.2, 0.25) is 5.89 Å². The Hall–Kier alpha value is -3.22. The van der Waals surface area contributed by atoms with Crippen LogP contribution < -0.4 is 10.6 Å². The van der Waals surface area contributed by atoms with Gasteiger partial charge in [0, 0.05) is 24.7 Å². The summed E-state index contributed by atoms with van der Waals surface area (Å²) in [5, 5.41) is 5.26. The molecule has 0 aliphatic heterocycles. The number of benzene rings is 1. The number of hydrogen-bond donors (Lipinski definition) is 2. The molecule has 0 fully saturated rings. The maximum absolute atomic E-state index is 13.4. The predicted octanol–water partition coefficient (Wildman–Crippen LogP) is 3.23. The van der Waals surface area contributed by atoms with E-state index in [1.807, 2.05) is 31.2 Å². The summed E-state index contributed by atoms with van der Waals surface area (Å²) in [6.45, 7) is 2.43. The van der Waals surface area contributed by atoms with Crippen LogP contribution >= 0.6 is 0 Å². The highest BCUT2D eigenvalue weighted by molar-refractivity contribution is 5.73. The molecule has 0 spiro atoms. The average Bonchev–Trinajstić information content (AvgIpc) is 3.10. The van der Waals surface area contributed by atoms with Crippen molar-refractivity contribution < 1.29 is 13.6 Å². The van der Waals surface area contributed by atoms with Gasteiger partial charge < -0.3 is 15.1 Å². The number of aryl methyl sites for hydroxylation is 1. The number of pyridine rings is 1. The smallest absolute Gasteiger partial charge is 0.315 e. The van der Waals surface area contributed by atoms with Crippen molar-refractivity contribution in [3.05, 3.63) is 71.6 Å². The second-order valence-corrected chi connectivity index (χ2v) is 5.80. The molecule has 0 unspecified atom stereocenters. The van der Waals surface area contributed by atoms with Crippen LogP contribution in [0.1, 0.15) is 17.0 Å². The van der Waals surface area contributed by atoms with Gasteiger partial charge in [0.25, 0.3) is 0 Å². The molecule has 0 radical (unpaired) electrons. The quantitative estimate of drug-likeness (QED) is 0.712. The zero-order valence-corrected chi connectivity index (χ0v) is 14.3. The summed E-state index contributed by atoms with van der Waals surface area (Å²) in [5.41, 5.74) is 3.02. The van der Waals surface area contributed by atoms with Gasteiger partial charge in [-0.2, -0.15) is 0 Å². The lowest BCUT2D eigenvalue weighted by Crippen LogP contribution is -2.36. The van der Waals surface area contributed by atoms with Crippen molar-refractivity contribution in [2.75, 3.05) is 6.54 Å². The number of halogens is 1. The summed E-state index contributed by atoms with van der Waals surface area (Å²) < 4.78 is 18.9. The topological polar surface area (TPSA) is 80.0 Å². The highest BCUT2D eigenvalue weighted by Gasteiger charge is 2.08. The Kier molecular flexibility index (Phi) is 5.58. The van der Waals surface area contributed by atoms with Crippen molar-refractivity contribution in [3.8, 4) is 11.5 Å². The fraction of sp³-hybridized carbons (Fsp3) is 0.211. The number of nitrogens with zero attached hydrogens (tertiary/aromatic N) is 2. The van der Waals surface area contributed by atoms with E-state index in [1.54, 1.807) is 6.26 Å². The molecule has 3 aromatic rings. The highest BCUT2D eigenvalue weighted by Crippen LogP contribution is 2.19. The van der Waals surface area contributed by atoms with Crippen LogP contribution in [0.5, 0.6) is 0 Å². The largest absolute Gasteiger partial charge is 0.444 e. The maximum Gasteiger partial charge on any atom is 0.315 e. The van der Waals surface area contributed by atoms with E-state index in [9.17, 15) is 9.18 Å². The summed E-state index contributed by atoms with van der Waals surface area (Å²) >= 11 is 0. The molecule has 3 rings (SSSR count). The third kappa shape index (κ3) is 4.66. The number of rotatable bonds is 6. The number of aromatic nitrogens is 2. The van der Waals surface area contributed by atoms with Crippen molar-refractivity contribution in [2.24, 2.45) is 0 Å². The molecule has 0 bridgehead atoms. The Labute approximate surface area is 150 Å². The van der Waals surface area contributed by atoms with Crippen LogP contribution in [-0.4, -0.2) is 22.5 Å². The number of nitrogens with one attached hydrogen (secondary N) is 2. The molecule has 0 aliphatic rings. The van der Waals surface area contributed by atoms with Gasteiger partial charge in [-0.15, -0.1) is 0 Å². The van der Waals surface area contributed by atoms with Crippen LogP contribution in [-0.2, 0) is 13.0 Å². The van der Waals surface area contributed by atoms with Gasteiger partial charge in [-0.25, -0.2) is 14.2 Å². The molecule has 0 aliphatic carbocycles. The van der Waals surface area contributed by atoms with E-state index in [2.05, 4.69) is 20.6 Å². The lowest BCUT2D eigenvalue weighted by molar-refractivity contribution is 0.240. The van der Waals surface area contributed by atoms with Crippen LogP contribution in [0.4, 0.5) is 9.18 Å². The SMILES string of the molecule is Cc1ccc(-c2nc(CCNC(=O)NCc3ncccc3F)co2)cc1. The van der Waals surface area contributed by atoms with Crippen molar-refractivity contribution in [2.45, 2.75) is 19.9 Å². The number of oxazole rings is 1. The van der Waals surface area contributed by atoms with Gasteiger partial charge in [0.05, 0.1) is 17.9 Å². The Morgan fingerprint density at radius 1 is 1.19 bits per heavy atom. The first-order chi connectivity index (χ1) is 12.6. The monoisotopic (exact) mass is 354 g/mol. The molecule has 0 saturated carbocycles. The zero-order chi connectivity index (χ0) is 18.4. The first-order valence-corrected chi connectivity index (χ1v) is 8.24. The van der Waals surface area contributed by atoms with Crippen LogP contribution in [0.2, 0.25) is 0 Å². The van der Waals surface area contributed by atoms with E-state index >= 15 is 0 Å². The minimum absolute atomic E-state index is 0.0278. The molecule has 134 valence electrons. The summed E-state index contributed by atoms with van der Waals surface area (Å²) in [6, 6.07) is 10.3. The Balaban J connectivity index is 1.44. The van der Waals surface area contributed by atoms with Crippen LogP contribution in [0.25, 0.3) is 11.5 Å². The molecule has 2 N–H and O–H groups in total. The van der Waals surface area contributed by atoms with Crippen LogP contribution in [0.3, 0.4) is 0 Å². The molecule has 2 aromatic heterocycles. The number of amides is 2. The Morgan fingerprint density at radius 3 is 2.77 bits per heavy atom. The van der Waals surface area contributed by atoms with Crippen LogP contribution in [0, 0.1) is 12.7 Å². The van der Waals surface area contributed by atoms with E-state index in [0.717, 1.165) is 11.3 Å². The van der Waals surface area contributed by atoms with E-state index < -0.39 is 11.8 Å². The van der Waals surface area contributed by atoms with Gasteiger partial charge in [0.1, 0.15) is 12.1 Å². The second-order valence-electron chi connectivity index (χ2n) is 5.80. The Morgan fingerprint density at radius 2 is 2.00 bits per heavy atom. The van der Waals surface area contributed by atoms with Gasteiger partial charge in [0.15, 0.2) is 0 Å². The molecule has 6 nitrogen and oxygen atoms in total. The van der Waals surface area contributed by atoms with Crippen molar-refractivity contribution in [1.82, 2.24) is 20.6 Å². The summed E-state index contributed by atoms with van der Waals surface area (Å²) in [6.07, 6.45) is 3.59. The number of hydrogen-bond acceptors (Lipinski definition) is 4. The van der Waals surface area contributed by atoms with Crippen molar-refractivity contribution in [1.29, 1.82) is 0 Å². The molecular formula is C19H19FN4O2. The maximum atomic E-state index is 13.4. The van der Waals surface area contributed by atoms with Crippen molar-refractivity contribution >= 4 is 6.03 Å². The summed E-state index contributed by atoms with van der Waals surface area (Å²) in [5.74, 6) is 0.106. The van der Waals surface area contributed by atoms with E-state index in [4.69, 9.17) is 4.42 Å². The fourth-order valence-corrected chi connectivity index (χ4v) is 2.33. The van der Waals surface area contributed by atoms with E-state index in [0.29, 0.717) is 18.9 Å². The first-order valence-electron chi connectivity index (χ1n) is 8.24. The molecule has 2 heterocycles. The van der Waals surface area contributed by atoms with Gasteiger partial charge >= 0.3 is 6.03 Å². The van der Waals surface area contributed by atoms with Gasteiger partial charge in [-0.05, 0) is 31.2 Å². The first kappa shape index (κ1) is 17.6. The molecule has 1 aromatic carbocycles. The number of carbonyl (C=O) groups is 1.